The Morgan fingerprint density at radius 3 is 2.37 bits per heavy atom. The van der Waals surface area contributed by atoms with Crippen LogP contribution in [0.3, 0.4) is 0 Å². The number of halogens is 3. The summed E-state index contributed by atoms with van der Waals surface area (Å²) in [6, 6.07) is 10.9. The zero-order chi connectivity index (χ0) is 18.9. The Kier molecular flexibility index (Phi) is 10.5. The van der Waals surface area contributed by atoms with Crippen LogP contribution >= 0.6 is 39.9 Å². The molecule has 2 rings (SSSR count). The van der Waals surface area contributed by atoms with E-state index < -0.39 is 0 Å². The van der Waals surface area contributed by atoms with Crippen molar-refractivity contribution in [2.24, 2.45) is 4.99 Å². The third-order valence-corrected chi connectivity index (χ3v) is 4.46. The molecule has 0 aromatic heterocycles. The van der Waals surface area contributed by atoms with E-state index >= 15 is 0 Å². The topological polar surface area (TPSA) is 54.9 Å². The first-order valence-electron chi connectivity index (χ1n) is 8.16. The Hall–Kier alpha value is -1.55. The summed E-state index contributed by atoms with van der Waals surface area (Å²) in [4.78, 5) is 4.18. The highest BCUT2D eigenvalue weighted by Gasteiger charge is 2.05. The number of hydrogen-bond acceptors (Lipinski definition) is 3. The molecule has 5 nitrogen and oxygen atoms in total. The summed E-state index contributed by atoms with van der Waals surface area (Å²) >= 11 is 3.15. The smallest absolute Gasteiger partial charge is 0.191 e. The molecule has 2 aromatic carbocycles. The van der Waals surface area contributed by atoms with Crippen molar-refractivity contribution in [3.05, 3.63) is 57.8 Å². The summed E-state index contributed by atoms with van der Waals surface area (Å²) in [6.07, 6.45) is 0.800. The molecule has 0 spiro atoms. The lowest BCUT2D eigenvalue weighted by Gasteiger charge is -2.13. The highest BCUT2D eigenvalue weighted by molar-refractivity contribution is 14.0. The van der Waals surface area contributed by atoms with Gasteiger partial charge >= 0.3 is 0 Å². The summed E-state index contributed by atoms with van der Waals surface area (Å²) in [5, 5.41) is 6.42. The Morgan fingerprint density at radius 1 is 1.04 bits per heavy atom. The van der Waals surface area contributed by atoms with Gasteiger partial charge in [-0.25, -0.2) is 4.39 Å². The number of ether oxygens (including phenoxy) is 2. The van der Waals surface area contributed by atoms with E-state index in [0.29, 0.717) is 35.0 Å². The fraction of sp³-hybridized carbons (Fsp3) is 0.316. The number of hydrogen-bond donors (Lipinski definition) is 2. The quantitative estimate of drug-likeness (QED) is 0.309. The number of nitrogens with one attached hydrogen (secondary N) is 2. The molecule has 0 aliphatic carbocycles. The Labute approximate surface area is 184 Å². The highest BCUT2D eigenvalue weighted by Crippen LogP contribution is 2.27. The molecule has 0 aliphatic rings. The molecule has 27 heavy (non-hydrogen) atoms. The Balaban J connectivity index is 0.00000364. The second kappa shape index (κ2) is 12.0. The summed E-state index contributed by atoms with van der Waals surface area (Å²) in [5.74, 6) is 1.81. The van der Waals surface area contributed by atoms with E-state index in [2.05, 4.69) is 31.6 Å². The van der Waals surface area contributed by atoms with Gasteiger partial charge in [0, 0.05) is 20.1 Å². The molecule has 0 radical (unpaired) electrons. The maximum absolute atomic E-state index is 13.6. The van der Waals surface area contributed by atoms with E-state index in [-0.39, 0.29) is 29.8 Å². The van der Waals surface area contributed by atoms with Crippen LogP contribution in [0.5, 0.6) is 11.5 Å². The molecule has 8 heteroatoms. The predicted molar refractivity (Wildman–Crippen MR) is 121 cm³/mol. The van der Waals surface area contributed by atoms with Crippen LogP contribution in [-0.2, 0) is 13.0 Å². The average molecular weight is 552 g/mol. The van der Waals surface area contributed by atoms with Gasteiger partial charge in [0.1, 0.15) is 5.82 Å². The molecule has 0 bridgehead atoms. The normalized spacial score (nSPS) is 10.8. The molecule has 2 aromatic rings. The van der Waals surface area contributed by atoms with E-state index in [9.17, 15) is 4.39 Å². The molecule has 0 unspecified atom stereocenters. The molecular formula is C19H24BrFIN3O2. The van der Waals surface area contributed by atoms with Gasteiger partial charge in [-0.1, -0.05) is 12.1 Å². The third kappa shape index (κ3) is 7.17. The van der Waals surface area contributed by atoms with E-state index in [0.717, 1.165) is 17.5 Å². The molecule has 148 valence electrons. The monoisotopic (exact) mass is 551 g/mol. The van der Waals surface area contributed by atoms with Crippen molar-refractivity contribution in [2.45, 2.75) is 13.0 Å². The average Bonchev–Trinajstić information content (AvgIpc) is 2.66. The zero-order valence-corrected chi connectivity index (χ0v) is 19.4. The molecule has 0 atom stereocenters. The summed E-state index contributed by atoms with van der Waals surface area (Å²) in [6.45, 7) is 1.18. The number of benzene rings is 2. The number of methoxy groups -OCH3 is 2. The molecule has 0 heterocycles. The largest absolute Gasteiger partial charge is 0.493 e. The van der Waals surface area contributed by atoms with E-state index in [1.807, 2.05) is 24.3 Å². The Morgan fingerprint density at radius 2 is 1.74 bits per heavy atom. The van der Waals surface area contributed by atoms with Gasteiger partial charge in [0.15, 0.2) is 17.5 Å². The van der Waals surface area contributed by atoms with Crippen molar-refractivity contribution in [1.82, 2.24) is 10.6 Å². The lowest BCUT2D eigenvalue weighted by atomic mass is 10.1. The van der Waals surface area contributed by atoms with Crippen molar-refractivity contribution in [1.29, 1.82) is 0 Å². The van der Waals surface area contributed by atoms with Crippen LogP contribution in [0, 0.1) is 5.82 Å². The number of rotatable bonds is 7. The molecular weight excluding hydrogens is 528 g/mol. The van der Waals surface area contributed by atoms with Gasteiger partial charge in [-0.2, -0.15) is 0 Å². The van der Waals surface area contributed by atoms with Crippen LogP contribution in [0.15, 0.2) is 45.9 Å². The van der Waals surface area contributed by atoms with Crippen molar-refractivity contribution in [3.8, 4) is 11.5 Å². The van der Waals surface area contributed by atoms with Gasteiger partial charge in [-0.3, -0.25) is 4.99 Å². The van der Waals surface area contributed by atoms with E-state index in [1.165, 1.54) is 6.07 Å². The first-order valence-corrected chi connectivity index (χ1v) is 8.96. The minimum Gasteiger partial charge on any atom is -0.493 e. The minimum absolute atomic E-state index is 0. The number of nitrogens with zero attached hydrogens (tertiary/aromatic N) is 1. The van der Waals surface area contributed by atoms with Gasteiger partial charge < -0.3 is 20.1 Å². The van der Waals surface area contributed by atoms with Crippen molar-refractivity contribution < 1.29 is 13.9 Å². The fourth-order valence-corrected chi connectivity index (χ4v) is 2.66. The number of aliphatic imine (C=N–C) groups is 1. The zero-order valence-electron chi connectivity index (χ0n) is 15.5. The van der Waals surface area contributed by atoms with Crippen molar-refractivity contribution >= 4 is 45.9 Å². The summed E-state index contributed by atoms with van der Waals surface area (Å²) in [7, 11) is 4.94. The van der Waals surface area contributed by atoms with Gasteiger partial charge in [-0.15, -0.1) is 24.0 Å². The van der Waals surface area contributed by atoms with Crippen molar-refractivity contribution in [2.75, 3.05) is 27.8 Å². The van der Waals surface area contributed by atoms with Gasteiger partial charge in [0.2, 0.25) is 0 Å². The summed E-state index contributed by atoms with van der Waals surface area (Å²) in [5.41, 5.74) is 1.97. The SMILES string of the molecule is CN=C(NCCc1ccc(OC)c(OC)c1)NCc1ccc(Br)c(F)c1.I. The fourth-order valence-electron chi connectivity index (χ4n) is 2.42. The number of guanidine groups is 1. The molecule has 0 amide bonds. The molecule has 0 aliphatic heterocycles. The van der Waals surface area contributed by atoms with E-state index in [1.54, 1.807) is 27.3 Å². The van der Waals surface area contributed by atoms with Crippen LogP contribution in [-0.4, -0.2) is 33.8 Å². The second-order valence-corrected chi connectivity index (χ2v) is 6.39. The molecule has 0 saturated carbocycles. The standard InChI is InChI=1S/C19H23BrFN3O2.HI/c1-22-19(24-12-14-4-6-15(20)16(21)10-14)23-9-8-13-5-7-17(25-2)18(11-13)26-3;/h4-7,10-11H,8-9,12H2,1-3H3,(H2,22,23,24);1H. The van der Waals surface area contributed by atoms with Gasteiger partial charge in [-0.05, 0) is 57.7 Å². The van der Waals surface area contributed by atoms with Crippen LogP contribution < -0.4 is 20.1 Å². The van der Waals surface area contributed by atoms with Crippen LogP contribution in [0.4, 0.5) is 4.39 Å². The molecule has 0 saturated heterocycles. The first kappa shape index (κ1) is 23.5. The Bertz CT molecular complexity index is 775. The van der Waals surface area contributed by atoms with Crippen LogP contribution in [0.1, 0.15) is 11.1 Å². The molecule has 2 N–H and O–H groups in total. The second-order valence-electron chi connectivity index (χ2n) is 5.54. The minimum atomic E-state index is -0.277. The third-order valence-electron chi connectivity index (χ3n) is 3.82. The van der Waals surface area contributed by atoms with Crippen molar-refractivity contribution in [3.63, 3.8) is 0 Å². The van der Waals surface area contributed by atoms with Crippen LogP contribution in [0.2, 0.25) is 0 Å². The van der Waals surface area contributed by atoms with Gasteiger partial charge in [0.25, 0.3) is 0 Å². The van der Waals surface area contributed by atoms with Crippen LogP contribution in [0.25, 0.3) is 0 Å². The lowest BCUT2D eigenvalue weighted by Crippen LogP contribution is -2.37. The van der Waals surface area contributed by atoms with Gasteiger partial charge in [0.05, 0.1) is 18.7 Å². The lowest BCUT2D eigenvalue weighted by molar-refractivity contribution is 0.354. The van der Waals surface area contributed by atoms with E-state index in [4.69, 9.17) is 9.47 Å². The highest BCUT2D eigenvalue weighted by atomic mass is 127. The first-order chi connectivity index (χ1) is 12.6. The molecule has 0 fully saturated rings. The maximum atomic E-state index is 13.6. The maximum Gasteiger partial charge on any atom is 0.191 e. The predicted octanol–water partition coefficient (Wildman–Crippen LogP) is 4.13. The summed E-state index contributed by atoms with van der Waals surface area (Å²) < 4.78 is 24.6.